The lowest BCUT2D eigenvalue weighted by molar-refractivity contribution is -0.132. The van der Waals surface area contributed by atoms with Crippen molar-refractivity contribution in [1.29, 1.82) is 0 Å². The molecule has 194 valence electrons. The zero-order chi connectivity index (χ0) is 27.5. The van der Waals surface area contributed by atoms with Gasteiger partial charge in [-0.3, -0.25) is 9.59 Å². The van der Waals surface area contributed by atoms with E-state index in [1.54, 1.807) is 36.4 Å². The van der Waals surface area contributed by atoms with Crippen molar-refractivity contribution in [2.75, 3.05) is 5.32 Å². The van der Waals surface area contributed by atoms with Crippen molar-refractivity contribution in [2.45, 2.75) is 13.8 Å². The van der Waals surface area contributed by atoms with Crippen molar-refractivity contribution in [3.63, 3.8) is 0 Å². The number of hydrogen-bond acceptors (Lipinski definition) is 4. The van der Waals surface area contributed by atoms with Gasteiger partial charge in [0.1, 0.15) is 17.3 Å². The molecule has 1 aromatic heterocycles. The first kappa shape index (κ1) is 25.5. The van der Waals surface area contributed by atoms with Gasteiger partial charge in [0.05, 0.1) is 11.3 Å². The number of nitrogens with zero attached hydrogens (tertiary/aromatic N) is 2. The fourth-order valence-electron chi connectivity index (χ4n) is 4.12. The third-order valence-corrected chi connectivity index (χ3v) is 6.00. The molecule has 0 saturated carbocycles. The van der Waals surface area contributed by atoms with E-state index in [9.17, 15) is 18.4 Å². The van der Waals surface area contributed by atoms with Gasteiger partial charge < -0.3 is 10.1 Å². The van der Waals surface area contributed by atoms with Gasteiger partial charge in [0.15, 0.2) is 0 Å². The zero-order valence-corrected chi connectivity index (χ0v) is 21.1. The molecule has 0 fully saturated rings. The molecule has 1 heterocycles. The lowest BCUT2D eigenvalue weighted by Crippen LogP contribution is -2.11. The molecule has 0 bridgehead atoms. The van der Waals surface area contributed by atoms with Crippen LogP contribution in [0, 0.1) is 18.6 Å². The maximum atomic E-state index is 13.7. The predicted octanol–water partition coefficient (Wildman–Crippen LogP) is 6.97. The molecule has 0 saturated heterocycles. The van der Waals surface area contributed by atoms with E-state index >= 15 is 0 Å². The number of benzene rings is 4. The minimum absolute atomic E-state index is 0.168. The lowest BCUT2D eigenvalue weighted by atomic mass is 10.00. The Morgan fingerprint density at radius 3 is 2.13 bits per heavy atom. The number of hydrogen-bond donors (Lipinski definition) is 1. The Morgan fingerprint density at radius 2 is 1.49 bits per heavy atom. The number of nitrogens with one attached hydrogen (secondary N) is 1. The highest BCUT2D eigenvalue weighted by Crippen LogP contribution is 2.41. The fraction of sp³-hybridized carbons (Fsp3) is 0.0645. The van der Waals surface area contributed by atoms with E-state index < -0.39 is 23.5 Å². The molecule has 8 heteroatoms. The van der Waals surface area contributed by atoms with E-state index in [0.29, 0.717) is 28.2 Å². The lowest BCUT2D eigenvalue weighted by Gasteiger charge is -2.11. The van der Waals surface area contributed by atoms with E-state index in [1.807, 2.05) is 31.2 Å². The first-order valence-corrected chi connectivity index (χ1v) is 12.1. The van der Waals surface area contributed by atoms with E-state index in [0.717, 1.165) is 17.2 Å². The van der Waals surface area contributed by atoms with Crippen molar-refractivity contribution in [3.8, 4) is 34.0 Å². The van der Waals surface area contributed by atoms with E-state index in [2.05, 4.69) is 5.32 Å². The van der Waals surface area contributed by atoms with Crippen LogP contribution in [0.25, 0.3) is 28.1 Å². The number of carbonyl (C=O) groups is 2. The van der Waals surface area contributed by atoms with Crippen molar-refractivity contribution in [1.82, 2.24) is 9.78 Å². The van der Waals surface area contributed by atoms with Crippen LogP contribution in [0.5, 0.6) is 5.88 Å². The van der Waals surface area contributed by atoms with Crippen molar-refractivity contribution >= 4 is 17.6 Å². The number of ether oxygens (including phenoxy) is 1. The number of halogens is 2. The number of carbonyl (C=O) groups excluding carboxylic acids is 2. The normalized spacial score (nSPS) is 10.8. The Hall–Kier alpha value is -5.11. The average molecular weight is 524 g/mol. The largest absolute Gasteiger partial charge is 0.407 e. The summed E-state index contributed by atoms with van der Waals surface area (Å²) in [4.78, 5) is 24.7. The summed E-state index contributed by atoms with van der Waals surface area (Å²) in [6.45, 7) is 3.27. The molecule has 0 aliphatic carbocycles. The third-order valence-electron chi connectivity index (χ3n) is 6.00. The van der Waals surface area contributed by atoms with Crippen LogP contribution in [0.15, 0.2) is 97.1 Å². The Morgan fingerprint density at radius 1 is 0.821 bits per heavy atom. The Balaban J connectivity index is 1.60. The van der Waals surface area contributed by atoms with Gasteiger partial charge in [0.2, 0.25) is 5.88 Å². The second-order valence-corrected chi connectivity index (χ2v) is 8.92. The van der Waals surface area contributed by atoms with Crippen molar-refractivity contribution in [3.05, 3.63) is 120 Å². The number of aromatic nitrogens is 2. The molecule has 1 N–H and O–H groups in total. The van der Waals surface area contributed by atoms with Gasteiger partial charge in [-0.15, -0.1) is 0 Å². The monoisotopic (exact) mass is 523 g/mol. The summed E-state index contributed by atoms with van der Waals surface area (Å²) in [6.07, 6.45) is 0. The maximum Gasteiger partial charge on any atom is 0.309 e. The molecule has 0 radical (unpaired) electrons. The molecule has 4 aromatic carbocycles. The molecule has 0 unspecified atom stereocenters. The van der Waals surface area contributed by atoms with Crippen LogP contribution >= 0.6 is 0 Å². The first-order valence-electron chi connectivity index (χ1n) is 12.1. The standard InChI is InChI=1S/C31H23F2N3O3/c1-19-6-8-22(9-7-19)29-28(31(39-20(2)37)36(35-29)27-16-12-24(32)13-17-27)21-10-14-26(15-11-21)34-30(38)23-4-3-5-25(33)18-23/h3-18H,1-2H3,(H,34,38). The average Bonchev–Trinajstić information content (AvgIpc) is 3.28. The fourth-order valence-corrected chi connectivity index (χ4v) is 4.12. The van der Waals surface area contributed by atoms with Gasteiger partial charge in [-0.2, -0.15) is 9.78 Å². The van der Waals surface area contributed by atoms with Gasteiger partial charge in [-0.25, -0.2) is 8.78 Å². The van der Waals surface area contributed by atoms with Gasteiger partial charge in [0, 0.05) is 23.7 Å². The minimum atomic E-state index is -0.547. The molecular formula is C31H23F2N3O3. The Kier molecular flexibility index (Phi) is 7.01. The van der Waals surface area contributed by atoms with E-state index in [4.69, 9.17) is 9.84 Å². The highest BCUT2D eigenvalue weighted by molar-refractivity contribution is 6.04. The molecule has 5 aromatic rings. The molecule has 39 heavy (non-hydrogen) atoms. The van der Waals surface area contributed by atoms with Gasteiger partial charge >= 0.3 is 5.97 Å². The number of anilines is 1. The number of rotatable bonds is 6. The zero-order valence-electron chi connectivity index (χ0n) is 21.1. The molecule has 0 aliphatic heterocycles. The summed E-state index contributed by atoms with van der Waals surface area (Å²) in [6, 6.07) is 25.8. The highest BCUT2D eigenvalue weighted by Gasteiger charge is 2.24. The van der Waals surface area contributed by atoms with Gasteiger partial charge in [-0.1, -0.05) is 48.0 Å². The summed E-state index contributed by atoms with van der Waals surface area (Å²) in [7, 11) is 0. The molecule has 0 spiro atoms. The Bertz CT molecular complexity index is 1660. The smallest absolute Gasteiger partial charge is 0.309 e. The summed E-state index contributed by atoms with van der Waals surface area (Å²) in [5, 5.41) is 7.52. The van der Waals surface area contributed by atoms with Crippen molar-refractivity contribution < 1.29 is 23.1 Å². The molecule has 1 amide bonds. The predicted molar refractivity (Wildman–Crippen MR) is 145 cm³/mol. The van der Waals surface area contributed by atoms with Crippen LogP contribution < -0.4 is 10.1 Å². The van der Waals surface area contributed by atoms with Crippen LogP contribution in [0.4, 0.5) is 14.5 Å². The quantitative estimate of drug-likeness (QED) is 0.244. The number of amides is 1. The van der Waals surface area contributed by atoms with Crippen LogP contribution in [0.2, 0.25) is 0 Å². The minimum Gasteiger partial charge on any atom is -0.407 e. The second-order valence-electron chi connectivity index (χ2n) is 8.92. The molecular weight excluding hydrogens is 500 g/mol. The van der Waals surface area contributed by atoms with Crippen LogP contribution in [0.3, 0.4) is 0 Å². The topological polar surface area (TPSA) is 73.2 Å². The molecule has 5 rings (SSSR count). The summed E-state index contributed by atoms with van der Waals surface area (Å²) in [5.74, 6) is -1.74. The summed E-state index contributed by atoms with van der Waals surface area (Å²) >= 11 is 0. The van der Waals surface area contributed by atoms with E-state index in [1.165, 1.54) is 41.9 Å². The third kappa shape index (κ3) is 5.60. The number of aryl methyl sites for hydroxylation is 1. The van der Waals surface area contributed by atoms with Crippen molar-refractivity contribution in [2.24, 2.45) is 0 Å². The maximum absolute atomic E-state index is 13.7. The second kappa shape index (κ2) is 10.7. The highest BCUT2D eigenvalue weighted by atomic mass is 19.1. The Labute approximate surface area is 223 Å². The van der Waals surface area contributed by atoms with Gasteiger partial charge in [-0.05, 0) is 67.1 Å². The van der Waals surface area contributed by atoms with Crippen LogP contribution in [0.1, 0.15) is 22.8 Å². The van der Waals surface area contributed by atoms with Crippen LogP contribution in [-0.4, -0.2) is 21.7 Å². The molecule has 6 nitrogen and oxygen atoms in total. The van der Waals surface area contributed by atoms with Crippen LogP contribution in [-0.2, 0) is 4.79 Å². The number of esters is 1. The molecule has 0 aliphatic rings. The first-order chi connectivity index (χ1) is 18.8. The summed E-state index contributed by atoms with van der Waals surface area (Å²) in [5.41, 5.74) is 4.80. The SMILES string of the molecule is CC(=O)Oc1c(-c2ccc(NC(=O)c3cccc(F)c3)cc2)c(-c2ccc(C)cc2)nn1-c1ccc(F)cc1. The van der Waals surface area contributed by atoms with Gasteiger partial charge in [0.25, 0.3) is 5.91 Å². The molecule has 0 atom stereocenters. The van der Waals surface area contributed by atoms with E-state index in [-0.39, 0.29) is 11.4 Å². The summed E-state index contributed by atoms with van der Waals surface area (Å²) < 4.78 is 34.3.